The predicted molar refractivity (Wildman–Crippen MR) is 106 cm³/mol. The van der Waals surface area contributed by atoms with Gasteiger partial charge in [-0.15, -0.1) is 0 Å². The second-order valence-corrected chi connectivity index (χ2v) is 6.84. The van der Waals surface area contributed by atoms with Crippen LogP contribution in [0.2, 0.25) is 0 Å². The highest BCUT2D eigenvalue weighted by Crippen LogP contribution is 2.40. The van der Waals surface area contributed by atoms with Crippen molar-refractivity contribution in [2.45, 2.75) is 25.7 Å². The molecule has 1 fully saturated rings. The largest absolute Gasteiger partial charge is 0.493 e. The number of carbonyl (C=O) groups is 1. The van der Waals surface area contributed by atoms with Crippen LogP contribution in [0, 0.1) is 0 Å². The molecule has 2 aliphatic rings. The van der Waals surface area contributed by atoms with E-state index >= 15 is 0 Å². The summed E-state index contributed by atoms with van der Waals surface area (Å²) < 4.78 is 10.7. The van der Waals surface area contributed by atoms with Crippen LogP contribution >= 0.6 is 0 Å². The third-order valence-corrected chi connectivity index (χ3v) is 5.17. The Morgan fingerprint density at radius 2 is 1.81 bits per heavy atom. The monoisotopic (exact) mass is 362 g/mol. The first-order chi connectivity index (χ1) is 13.1. The van der Waals surface area contributed by atoms with Gasteiger partial charge in [-0.3, -0.25) is 9.79 Å². The number of rotatable bonds is 3. The summed E-state index contributed by atoms with van der Waals surface area (Å²) >= 11 is 0. The van der Waals surface area contributed by atoms with E-state index < -0.39 is 0 Å². The molecule has 1 heterocycles. The molecule has 0 aromatic heterocycles. The van der Waals surface area contributed by atoms with Crippen LogP contribution < -0.4 is 14.8 Å². The van der Waals surface area contributed by atoms with Gasteiger partial charge in [-0.1, -0.05) is 18.2 Å². The third-order valence-electron chi connectivity index (χ3n) is 5.17. The topological polar surface area (TPSA) is 59.9 Å². The number of hydrogen-bond acceptors (Lipinski definition) is 5. The fraction of sp³-hybridized carbons (Fsp3) is 0.273. The number of benzene rings is 2. The van der Waals surface area contributed by atoms with Gasteiger partial charge in [0.25, 0.3) is 0 Å². The molecular weight excluding hydrogens is 340 g/mol. The zero-order valence-corrected chi connectivity index (χ0v) is 15.7. The molecule has 2 aromatic rings. The number of nitrogens with one attached hydrogen (secondary N) is 1. The van der Waals surface area contributed by atoms with Gasteiger partial charge in [0.1, 0.15) is 0 Å². The van der Waals surface area contributed by atoms with Crippen molar-refractivity contribution in [2.75, 3.05) is 19.5 Å². The van der Waals surface area contributed by atoms with Crippen LogP contribution in [-0.4, -0.2) is 25.7 Å². The summed E-state index contributed by atoms with van der Waals surface area (Å²) in [4.78, 5) is 17.8. The summed E-state index contributed by atoms with van der Waals surface area (Å²) in [7, 11) is 3.24. The SMILES string of the molecule is COc1ccc([C@@H]2CC(=O)C3=C(C)Nc4ccccc4N=C3C2)cc1OC. The molecule has 27 heavy (non-hydrogen) atoms. The predicted octanol–water partition coefficient (Wildman–Crippen LogP) is 4.62. The molecule has 0 spiro atoms. The fourth-order valence-electron chi connectivity index (χ4n) is 3.85. The van der Waals surface area contributed by atoms with Crippen molar-refractivity contribution in [3.63, 3.8) is 0 Å². The molecule has 5 heteroatoms. The molecule has 5 nitrogen and oxygen atoms in total. The lowest BCUT2D eigenvalue weighted by molar-refractivity contribution is -0.115. The molecule has 0 unspecified atom stereocenters. The number of methoxy groups -OCH3 is 2. The Hall–Kier alpha value is -3.08. The van der Waals surface area contributed by atoms with E-state index in [-0.39, 0.29) is 11.7 Å². The molecule has 0 radical (unpaired) electrons. The van der Waals surface area contributed by atoms with Gasteiger partial charge in [-0.05, 0) is 49.1 Å². The van der Waals surface area contributed by atoms with Crippen molar-refractivity contribution in [1.29, 1.82) is 0 Å². The maximum atomic E-state index is 13.0. The Morgan fingerprint density at radius 3 is 2.59 bits per heavy atom. The lowest BCUT2D eigenvalue weighted by Crippen LogP contribution is -2.26. The number of ether oxygens (including phenoxy) is 2. The van der Waals surface area contributed by atoms with Crippen LogP contribution in [0.1, 0.15) is 31.2 Å². The Kier molecular flexibility index (Phi) is 4.44. The first-order valence-corrected chi connectivity index (χ1v) is 9.00. The summed E-state index contributed by atoms with van der Waals surface area (Å²) in [6.07, 6.45) is 1.17. The van der Waals surface area contributed by atoms with E-state index in [4.69, 9.17) is 14.5 Å². The van der Waals surface area contributed by atoms with Crippen molar-refractivity contribution >= 4 is 22.9 Å². The van der Waals surface area contributed by atoms with Crippen molar-refractivity contribution in [1.82, 2.24) is 0 Å². The van der Waals surface area contributed by atoms with Gasteiger partial charge in [0.2, 0.25) is 0 Å². The lowest BCUT2D eigenvalue weighted by atomic mass is 9.79. The van der Waals surface area contributed by atoms with E-state index in [1.165, 1.54) is 0 Å². The van der Waals surface area contributed by atoms with E-state index in [1.54, 1.807) is 14.2 Å². The second kappa shape index (κ2) is 6.91. The van der Waals surface area contributed by atoms with E-state index in [0.29, 0.717) is 24.3 Å². The molecular formula is C22H22N2O3. The van der Waals surface area contributed by atoms with Crippen LogP contribution in [0.4, 0.5) is 11.4 Å². The third kappa shape index (κ3) is 3.10. The zero-order chi connectivity index (χ0) is 19.0. The second-order valence-electron chi connectivity index (χ2n) is 6.84. The fourth-order valence-corrected chi connectivity index (χ4v) is 3.85. The summed E-state index contributed by atoms with van der Waals surface area (Å²) in [5.74, 6) is 1.55. The van der Waals surface area contributed by atoms with Gasteiger partial charge in [0.15, 0.2) is 17.3 Å². The minimum Gasteiger partial charge on any atom is -0.493 e. The number of nitrogens with zero attached hydrogens (tertiary/aromatic N) is 1. The Labute approximate surface area is 158 Å². The highest BCUT2D eigenvalue weighted by atomic mass is 16.5. The minimum atomic E-state index is 0.0675. The number of fused-ring (bicyclic) bond motifs is 2. The van der Waals surface area contributed by atoms with E-state index in [9.17, 15) is 4.79 Å². The standard InChI is InChI=1S/C22H22N2O3/c1-13-22-18(24-17-7-5-4-6-16(17)23-13)10-15(11-19(22)25)14-8-9-20(26-2)21(12-14)27-3/h4-9,12,15,23H,10-11H2,1-3H3/t15-/m0/s1. The highest BCUT2D eigenvalue weighted by Gasteiger charge is 2.33. The maximum Gasteiger partial charge on any atom is 0.167 e. The van der Waals surface area contributed by atoms with Crippen LogP contribution in [0.3, 0.4) is 0 Å². The van der Waals surface area contributed by atoms with Gasteiger partial charge in [0, 0.05) is 12.1 Å². The maximum absolute atomic E-state index is 13.0. The number of aliphatic imine (C=N–C) groups is 1. The summed E-state index contributed by atoms with van der Waals surface area (Å²) in [6.45, 7) is 1.95. The van der Waals surface area contributed by atoms with E-state index in [0.717, 1.165) is 33.9 Å². The van der Waals surface area contributed by atoms with Crippen molar-refractivity contribution < 1.29 is 14.3 Å². The average Bonchev–Trinajstić information content (AvgIpc) is 2.82. The van der Waals surface area contributed by atoms with E-state index in [1.807, 2.05) is 49.4 Å². The Morgan fingerprint density at radius 1 is 1.04 bits per heavy atom. The minimum absolute atomic E-state index is 0.0675. The number of anilines is 1. The van der Waals surface area contributed by atoms with Crippen LogP contribution in [0.25, 0.3) is 0 Å². The van der Waals surface area contributed by atoms with Crippen LogP contribution in [-0.2, 0) is 4.79 Å². The molecule has 138 valence electrons. The number of ketones is 1. The molecule has 1 saturated carbocycles. The van der Waals surface area contributed by atoms with Crippen LogP contribution in [0.15, 0.2) is 58.7 Å². The Balaban J connectivity index is 1.74. The van der Waals surface area contributed by atoms with Gasteiger partial charge in [0.05, 0.1) is 36.9 Å². The van der Waals surface area contributed by atoms with E-state index in [2.05, 4.69) is 5.32 Å². The first-order valence-electron chi connectivity index (χ1n) is 9.00. The summed E-state index contributed by atoms with van der Waals surface area (Å²) in [6, 6.07) is 13.7. The normalized spacial score (nSPS) is 18.7. The number of Topliss-reactive ketones (excluding diaryl/α,β-unsaturated/α-hetero) is 1. The smallest absolute Gasteiger partial charge is 0.167 e. The van der Waals surface area contributed by atoms with Crippen LogP contribution in [0.5, 0.6) is 11.5 Å². The molecule has 0 saturated heterocycles. The van der Waals surface area contributed by atoms with Gasteiger partial charge in [-0.25, -0.2) is 0 Å². The number of carbonyl (C=O) groups excluding carboxylic acids is 1. The number of para-hydroxylation sites is 2. The molecule has 1 aliphatic heterocycles. The highest BCUT2D eigenvalue weighted by molar-refractivity contribution is 6.26. The van der Waals surface area contributed by atoms with Gasteiger partial charge in [-0.2, -0.15) is 0 Å². The average molecular weight is 362 g/mol. The van der Waals surface area contributed by atoms with Crippen molar-refractivity contribution in [3.05, 3.63) is 59.3 Å². The Bertz CT molecular complexity index is 975. The number of allylic oxidation sites excluding steroid dienone is 2. The first kappa shape index (κ1) is 17.3. The molecule has 0 amide bonds. The molecule has 1 atom stereocenters. The van der Waals surface area contributed by atoms with Crippen molar-refractivity contribution in [3.8, 4) is 11.5 Å². The molecule has 2 aromatic carbocycles. The van der Waals surface area contributed by atoms with Crippen molar-refractivity contribution in [2.24, 2.45) is 4.99 Å². The zero-order valence-electron chi connectivity index (χ0n) is 15.7. The molecule has 4 rings (SSSR count). The summed E-state index contributed by atoms with van der Waals surface area (Å²) in [5, 5.41) is 3.35. The molecule has 1 aliphatic carbocycles. The van der Waals surface area contributed by atoms with Gasteiger partial charge >= 0.3 is 0 Å². The number of hydrogen-bond donors (Lipinski definition) is 1. The summed E-state index contributed by atoms with van der Waals surface area (Å²) in [5.41, 5.74) is 5.30. The molecule has 0 bridgehead atoms. The van der Waals surface area contributed by atoms with Gasteiger partial charge < -0.3 is 14.8 Å². The quantitative estimate of drug-likeness (QED) is 0.865. The lowest BCUT2D eigenvalue weighted by Gasteiger charge is -2.26. The molecule has 1 N–H and O–H groups in total.